The molecular weight excluding hydrogens is 220 g/mol. The lowest BCUT2D eigenvalue weighted by molar-refractivity contribution is 0.135. The van der Waals surface area contributed by atoms with Gasteiger partial charge >= 0.3 is 0 Å². The summed E-state index contributed by atoms with van der Waals surface area (Å²) < 4.78 is 10.2. The van der Waals surface area contributed by atoms with Gasteiger partial charge in [0, 0.05) is 20.8 Å². The van der Waals surface area contributed by atoms with Gasteiger partial charge in [-0.25, -0.2) is 10.8 Å². The molecule has 0 aromatic rings. The van der Waals surface area contributed by atoms with Crippen molar-refractivity contribution in [3.05, 3.63) is 0 Å². The van der Waals surface area contributed by atoms with E-state index < -0.39 is 0 Å². The molecule has 17 heavy (non-hydrogen) atoms. The average Bonchev–Trinajstić information content (AvgIpc) is 2.29. The Morgan fingerprint density at radius 1 is 1.29 bits per heavy atom. The van der Waals surface area contributed by atoms with Crippen LogP contribution in [-0.4, -0.2) is 56.9 Å². The Morgan fingerprint density at radius 3 is 2.29 bits per heavy atom. The van der Waals surface area contributed by atoms with Crippen LogP contribution in [0.4, 0.5) is 0 Å². The van der Waals surface area contributed by atoms with E-state index in [1.54, 1.807) is 14.2 Å². The van der Waals surface area contributed by atoms with Gasteiger partial charge in [-0.3, -0.25) is 5.43 Å². The molecule has 0 radical (unpaired) electrons. The monoisotopic (exact) mass is 246 g/mol. The van der Waals surface area contributed by atoms with Crippen LogP contribution in [-0.2, 0) is 9.47 Å². The van der Waals surface area contributed by atoms with Gasteiger partial charge in [0.25, 0.3) is 0 Å². The van der Waals surface area contributed by atoms with Gasteiger partial charge in [-0.05, 0) is 20.8 Å². The highest BCUT2D eigenvalue weighted by Gasteiger charge is 2.16. The summed E-state index contributed by atoms with van der Waals surface area (Å²) in [5.41, 5.74) is 2.65. The Kier molecular flexibility index (Phi) is 8.75. The van der Waals surface area contributed by atoms with E-state index in [4.69, 9.17) is 15.3 Å². The molecule has 0 saturated carbocycles. The van der Waals surface area contributed by atoms with Crippen LogP contribution in [0.5, 0.6) is 0 Å². The van der Waals surface area contributed by atoms with Crippen LogP contribution < -0.4 is 11.3 Å². The van der Waals surface area contributed by atoms with Gasteiger partial charge in [-0.2, -0.15) is 0 Å². The molecule has 0 heterocycles. The Balaban J connectivity index is 4.67. The van der Waals surface area contributed by atoms with Crippen LogP contribution in [0, 0.1) is 0 Å². The Morgan fingerprint density at radius 2 is 1.88 bits per heavy atom. The average molecular weight is 246 g/mol. The Labute approximate surface area is 104 Å². The standard InChI is InChI=1S/C11H26N4O2/c1-6-15(10(3)8-17-5)11(14-12)13-9(2)7-16-4/h9-10H,6-8,12H2,1-5H3,(H,13,14). The second-order valence-electron chi connectivity index (χ2n) is 3.99. The fraction of sp³-hybridized carbons (Fsp3) is 0.909. The molecule has 0 bridgehead atoms. The highest BCUT2D eigenvalue weighted by atomic mass is 16.5. The normalized spacial score (nSPS) is 15.5. The number of nitrogens with zero attached hydrogens (tertiary/aromatic N) is 2. The van der Waals surface area contributed by atoms with Crippen LogP contribution in [0.25, 0.3) is 0 Å². The van der Waals surface area contributed by atoms with E-state index in [0.29, 0.717) is 19.2 Å². The number of ether oxygens (including phenoxy) is 2. The number of guanidine groups is 1. The summed E-state index contributed by atoms with van der Waals surface area (Å²) in [7, 11) is 3.34. The molecule has 0 aromatic carbocycles. The summed E-state index contributed by atoms with van der Waals surface area (Å²) in [6.45, 7) is 8.12. The number of hydrazine groups is 1. The highest BCUT2D eigenvalue weighted by molar-refractivity contribution is 5.79. The van der Waals surface area contributed by atoms with E-state index in [1.165, 1.54) is 0 Å². The molecule has 2 unspecified atom stereocenters. The largest absolute Gasteiger partial charge is 0.383 e. The summed E-state index contributed by atoms with van der Waals surface area (Å²) in [4.78, 5) is 6.55. The fourth-order valence-electron chi connectivity index (χ4n) is 1.68. The second-order valence-corrected chi connectivity index (χ2v) is 3.99. The van der Waals surface area contributed by atoms with Crippen LogP contribution in [0.15, 0.2) is 4.99 Å². The summed E-state index contributed by atoms with van der Waals surface area (Å²) in [5, 5.41) is 0. The van der Waals surface area contributed by atoms with E-state index in [2.05, 4.69) is 29.2 Å². The minimum absolute atomic E-state index is 0.0647. The second kappa shape index (κ2) is 9.21. The molecule has 0 saturated heterocycles. The minimum atomic E-state index is 0.0647. The first kappa shape index (κ1) is 16.1. The number of nitrogens with two attached hydrogens (primary N) is 1. The number of aliphatic imine (C=N–C) groups is 1. The summed E-state index contributed by atoms with van der Waals surface area (Å²) >= 11 is 0. The molecule has 0 aliphatic heterocycles. The lowest BCUT2D eigenvalue weighted by atomic mass is 10.3. The third kappa shape index (κ3) is 5.86. The SMILES string of the molecule is CCN(C(=NC(C)COC)NN)C(C)COC. The molecule has 0 fully saturated rings. The summed E-state index contributed by atoms with van der Waals surface area (Å²) in [6.07, 6.45) is 0. The number of methoxy groups -OCH3 is 2. The van der Waals surface area contributed by atoms with Crippen molar-refractivity contribution >= 4 is 5.96 Å². The van der Waals surface area contributed by atoms with E-state index in [9.17, 15) is 0 Å². The summed E-state index contributed by atoms with van der Waals surface area (Å²) in [6, 6.07) is 0.282. The first-order valence-electron chi connectivity index (χ1n) is 5.89. The van der Waals surface area contributed by atoms with Crippen molar-refractivity contribution in [3.63, 3.8) is 0 Å². The first-order valence-corrected chi connectivity index (χ1v) is 5.89. The smallest absolute Gasteiger partial charge is 0.209 e. The lowest BCUT2D eigenvalue weighted by Crippen LogP contribution is -2.50. The van der Waals surface area contributed by atoms with Crippen LogP contribution >= 0.6 is 0 Å². The lowest BCUT2D eigenvalue weighted by Gasteiger charge is -2.30. The van der Waals surface area contributed by atoms with Crippen LogP contribution in [0.2, 0.25) is 0 Å². The Bertz CT molecular complexity index is 224. The van der Waals surface area contributed by atoms with Crippen molar-refractivity contribution in [3.8, 4) is 0 Å². The number of rotatable bonds is 7. The van der Waals surface area contributed by atoms with Gasteiger partial charge in [0.2, 0.25) is 5.96 Å². The van der Waals surface area contributed by atoms with Crippen molar-refractivity contribution in [2.75, 3.05) is 34.0 Å². The highest BCUT2D eigenvalue weighted by Crippen LogP contribution is 2.02. The molecule has 2 atom stereocenters. The molecule has 0 rings (SSSR count). The van der Waals surface area contributed by atoms with Gasteiger partial charge in [0.1, 0.15) is 0 Å². The molecule has 0 aliphatic rings. The quantitative estimate of drug-likeness (QED) is 0.290. The fourth-order valence-corrected chi connectivity index (χ4v) is 1.68. The van der Waals surface area contributed by atoms with E-state index >= 15 is 0 Å². The molecule has 0 spiro atoms. The van der Waals surface area contributed by atoms with E-state index in [1.807, 2.05) is 6.92 Å². The topological polar surface area (TPSA) is 72.1 Å². The molecule has 3 N–H and O–H groups in total. The predicted molar refractivity (Wildman–Crippen MR) is 69.8 cm³/mol. The van der Waals surface area contributed by atoms with Crippen molar-refractivity contribution < 1.29 is 9.47 Å². The molecule has 0 amide bonds. The summed E-state index contributed by atoms with van der Waals surface area (Å²) in [5.74, 6) is 6.19. The van der Waals surface area contributed by atoms with Gasteiger partial charge in [0.05, 0.1) is 25.3 Å². The van der Waals surface area contributed by atoms with Gasteiger partial charge in [-0.1, -0.05) is 0 Å². The molecule has 102 valence electrons. The molecule has 6 heteroatoms. The molecule has 6 nitrogen and oxygen atoms in total. The third-order valence-electron chi connectivity index (χ3n) is 2.43. The van der Waals surface area contributed by atoms with Crippen LogP contribution in [0.1, 0.15) is 20.8 Å². The minimum Gasteiger partial charge on any atom is -0.383 e. The van der Waals surface area contributed by atoms with Gasteiger partial charge < -0.3 is 14.4 Å². The zero-order valence-corrected chi connectivity index (χ0v) is 11.6. The molecule has 0 aromatic heterocycles. The van der Waals surface area contributed by atoms with Crippen LogP contribution in [0.3, 0.4) is 0 Å². The number of nitrogens with one attached hydrogen (secondary N) is 1. The van der Waals surface area contributed by atoms with Gasteiger partial charge in [-0.15, -0.1) is 0 Å². The zero-order chi connectivity index (χ0) is 13.3. The number of hydrogen-bond acceptors (Lipinski definition) is 4. The maximum atomic E-state index is 5.52. The van der Waals surface area contributed by atoms with Gasteiger partial charge in [0.15, 0.2) is 0 Å². The van der Waals surface area contributed by atoms with Crippen molar-refractivity contribution in [2.45, 2.75) is 32.9 Å². The maximum Gasteiger partial charge on any atom is 0.209 e. The number of likely N-dealkylation sites (N-methyl/N-ethyl adjacent to an activating group) is 1. The zero-order valence-electron chi connectivity index (χ0n) is 11.6. The van der Waals surface area contributed by atoms with E-state index in [-0.39, 0.29) is 12.1 Å². The third-order valence-corrected chi connectivity index (χ3v) is 2.43. The Hall–Kier alpha value is -0.850. The van der Waals surface area contributed by atoms with Crippen molar-refractivity contribution in [1.29, 1.82) is 0 Å². The maximum absolute atomic E-state index is 5.52. The molecule has 0 aliphatic carbocycles. The molecular formula is C11H26N4O2. The van der Waals surface area contributed by atoms with Crippen molar-refractivity contribution in [2.24, 2.45) is 10.8 Å². The van der Waals surface area contributed by atoms with E-state index in [0.717, 1.165) is 6.54 Å². The van der Waals surface area contributed by atoms with Crippen molar-refractivity contribution in [1.82, 2.24) is 10.3 Å². The first-order chi connectivity index (χ1) is 8.10. The number of hydrogen-bond donors (Lipinski definition) is 2. The predicted octanol–water partition coefficient (Wildman–Crippen LogP) is 0.197.